The first-order valence-corrected chi connectivity index (χ1v) is 9.28. The van der Waals surface area contributed by atoms with Gasteiger partial charge in [-0.05, 0) is 56.6 Å². The second kappa shape index (κ2) is 9.38. The lowest BCUT2D eigenvalue weighted by molar-refractivity contribution is 0.223. The molecule has 0 fully saturated rings. The van der Waals surface area contributed by atoms with E-state index in [1.54, 1.807) is 4.90 Å². The Balaban J connectivity index is 1.92. The number of aryl methyl sites for hydroxylation is 2. The van der Waals surface area contributed by atoms with E-state index in [9.17, 15) is 4.79 Å². The predicted molar refractivity (Wildman–Crippen MR) is 106 cm³/mol. The Kier molecular flexibility index (Phi) is 7.21. The molecular formula is C20H31N5O. The van der Waals surface area contributed by atoms with E-state index in [0.717, 1.165) is 43.1 Å². The minimum Gasteiger partial charge on any atom is -0.327 e. The van der Waals surface area contributed by atoms with Gasteiger partial charge in [0.25, 0.3) is 0 Å². The number of urea groups is 1. The molecule has 0 radical (unpaired) electrons. The number of nitrogens with zero attached hydrogens (tertiary/aromatic N) is 3. The molecule has 0 aliphatic rings. The van der Waals surface area contributed by atoms with Crippen LogP contribution in [0.5, 0.6) is 0 Å². The summed E-state index contributed by atoms with van der Waals surface area (Å²) in [6.45, 7) is 11.9. The molecule has 0 aliphatic heterocycles. The standard InChI is InChI=1S/C20H31N5O/c1-6-25(7-2)14-17-9-8-10-18(13-17)21-20(26)24(5)12-11-19-15(3)22-23-16(19)4/h8-10,13H,6-7,11-12,14H2,1-5H3,(H,21,26)(H,22,23). The van der Waals surface area contributed by atoms with Crippen LogP contribution in [0.25, 0.3) is 0 Å². The van der Waals surface area contributed by atoms with Crippen LogP contribution < -0.4 is 5.32 Å². The maximum absolute atomic E-state index is 12.5. The van der Waals surface area contributed by atoms with Gasteiger partial charge in [-0.15, -0.1) is 0 Å². The summed E-state index contributed by atoms with van der Waals surface area (Å²) in [6.07, 6.45) is 0.792. The molecular weight excluding hydrogens is 326 g/mol. The SMILES string of the molecule is CCN(CC)Cc1cccc(NC(=O)N(C)CCc2c(C)n[nH]c2C)c1. The third-order valence-corrected chi connectivity index (χ3v) is 4.80. The average Bonchev–Trinajstić information content (AvgIpc) is 2.95. The van der Waals surface area contributed by atoms with Crippen molar-refractivity contribution in [2.24, 2.45) is 0 Å². The lowest BCUT2D eigenvalue weighted by atomic mass is 10.1. The van der Waals surface area contributed by atoms with E-state index in [-0.39, 0.29) is 6.03 Å². The molecule has 2 rings (SSSR count). The third kappa shape index (κ3) is 5.33. The Labute approximate surface area is 156 Å². The molecule has 6 heteroatoms. The molecule has 26 heavy (non-hydrogen) atoms. The number of aromatic nitrogens is 2. The van der Waals surface area contributed by atoms with Crippen molar-refractivity contribution in [2.45, 2.75) is 40.7 Å². The number of aromatic amines is 1. The maximum Gasteiger partial charge on any atom is 0.321 e. The van der Waals surface area contributed by atoms with Crippen LogP contribution in [0.15, 0.2) is 24.3 Å². The largest absolute Gasteiger partial charge is 0.327 e. The van der Waals surface area contributed by atoms with E-state index in [1.807, 2.05) is 33.0 Å². The number of hydrogen-bond donors (Lipinski definition) is 2. The van der Waals surface area contributed by atoms with Crippen molar-refractivity contribution < 1.29 is 4.79 Å². The maximum atomic E-state index is 12.5. The molecule has 6 nitrogen and oxygen atoms in total. The van der Waals surface area contributed by atoms with Crippen molar-refractivity contribution in [1.29, 1.82) is 0 Å². The van der Waals surface area contributed by atoms with Gasteiger partial charge in [0, 0.05) is 31.5 Å². The highest BCUT2D eigenvalue weighted by atomic mass is 16.2. The number of anilines is 1. The molecule has 0 aliphatic carbocycles. The quantitative estimate of drug-likeness (QED) is 0.759. The molecule has 142 valence electrons. The Morgan fingerprint density at radius 3 is 2.58 bits per heavy atom. The highest BCUT2D eigenvalue weighted by Gasteiger charge is 2.12. The van der Waals surface area contributed by atoms with Crippen LogP contribution in [0.3, 0.4) is 0 Å². The van der Waals surface area contributed by atoms with Gasteiger partial charge in [0.05, 0.1) is 5.69 Å². The molecule has 0 saturated heterocycles. The smallest absolute Gasteiger partial charge is 0.321 e. The first-order chi connectivity index (χ1) is 12.4. The number of rotatable bonds is 8. The van der Waals surface area contributed by atoms with Crippen molar-refractivity contribution in [3.63, 3.8) is 0 Å². The van der Waals surface area contributed by atoms with Crippen molar-refractivity contribution in [2.75, 3.05) is 32.0 Å². The average molecular weight is 358 g/mol. The van der Waals surface area contributed by atoms with E-state index in [1.165, 1.54) is 11.1 Å². The minimum atomic E-state index is -0.0937. The molecule has 0 atom stereocenters. The first-order valence-electron chi connectivity index (χ1n) is 9.28. The molecule has 1 aromatic carbocycles. The summed E-state index contributed by atoms with van der Waals surface area (Å²) in [6, 6.07) is 7.98. The van der Waals surface area contributed by atoms with Gasteiger partial charge >= 0.3 is 6.03 Å². The summed E-state index contributed by atoms with van der Waals surface area (Å²) in [5.41, 5.74) is 5.30. The normalized spacial score (nSPS) is 11.0. The molecule has 2 N–H and O–H groups in total. The number of carbonyl (C=O) groups excluding carboxylic acids is 1. The van der Waals surface area contributed by atoms with Gasteiger partial charge < -0.3 is 10.2 Å². The molecule has 1 heterocycles. The van der Waals surface area contributed by atoms with Crippen LogP contribution in [-0.2, 0) is 13.0 Å². The monoisotopic (exact) mass is 357 g/mol. The second-order valence-corrected chi connectivity index (χ2v) is 6.68. The summed E-state index contributed by atoms with van der Waals surface area (Å²) < 4.78 is 0. The topological polar surface area (TPSA) is 64.3 Å². The molecule has 2 amide bonds. The third-order valence-electron chi connectivity index (χ3n) is 4.80. The number of H-pyrrole nitrogens is 1. The van der Waals surface area contributed by atoms with Crippen LogP contribution in [0, 0.1) is 13.8 Å². The molecule has 2 aromatic rings. The first kappa shape index (κ1) is 20.0. The van der Waals surface area contributed by atoms with Crippen LogP contribution >= 0.6 is 0 Å². The predicted octanol–water partition coefficient (Wildman–Crippen LogP) is 3.57. The minimum absolute atomic E-state index is 0.0937. The Morgan fingerprint density at radius 1 is 1.23 bits per heavy atom. The van der Waals surface area contributed by atoms with Crippen LogP contribution in [0.1, 0.15) is 36.4 Å². The van der Waals surface area contributed by atoms with Crippen molar-refractivity contribution >= 4 is 11.7 Å². The molecule has 1 aromatic heterocycles. The number of carbonyl (C=O) groups is 1. The van der Waals surface area contributed by atoms with Gasteiger partial charge in [0.15, 0.2) is 0 Å². The number of likely N-dealkylation sites (N-methyl/N-ethyl adjacent to an activating group) is 1. The van der Waals surface area contributed by atoms with E-state index in [0.29, 0.717) is 6.54 Å². The van der Waals surface area contributed by atoms with E-state index in [4.69, 9.17) is 0 Å². The van der Waals surface area contributed by atoms with Gasteiger partial charge in [0.1, 0.15) is 0 Å². The van der Waals surface area contributed by atoms with Crippen molar-refractivity contribution in [3.05, 3.63) is 46.8 Å². The van der Waals surface area contributed by atoms with Gasteiger partial charge in [0.2, 0.25) is 0 Å². The fraction of sp³-hybridized carbons (Fsp3) is 0.500. The lowest BCUT2D eigenvalue weighted by Gasteiger charge is -2.20. The Hall–Kier alpha value is -2.34. The zero-order valence-corrected chi connectivity index (χ0v) is 16.6. The number of amides is 2. The van der Waals surface area contributed by atoms with Crippen molar-refractivity contribution in [3.8, 4) is 0 Å². The van der Waals surface area contributed by atoms with E-state index >= 15 is 0 Å². The second-order valence-electron chi connectivity index (χ2n) is 6.68. The summed E-state index contributed by atoms with van der Waals surface area (Å²) >= 11 is 0. The van der Waals surface area contributed by atoms with Crippen molar-refractivity contribution in [1.82, 2.24) is 20.0 Å². The summed E-state index contributed by atoms with van der Waals surface area (Å²) in [7, 11) is 1.82. The number of benzene rings is 1. The van der Waals surface area contributed by atoms with E-state index < -0.39 is 0 Å². The molecule has 0 saturated carbocycles. The van der Waals surface area contributed by atoms with Gasteiger partial charge in [-0.1, -0.05) is 26.0 Å². The fourth-order valence-corrected chi connectivity index (χ4v) is 3.00. The van der Waals surface area contributed by atoms with Crippen LogP contribution in [0.2, 0.25) is 0 Å². The molecule has 0 unspecified atom stereocenters. The number of nitrogens with one attached hydrogen (secondary N) is 2. The highest BCUT2D eigenvalue weighted by molar-refractivity contribution is 5.89. The highest BCUT2D eigenvalue weighted by Crippen LogP contribution is 2.14. The summed E-state index contributed by atoms with van der Waals surface area (Å²) in [5.74, 6) is 0. The summed E-state index contributed by atoms with van der Waals surface area (Å²) in [5, 5.41) is 10.2. The summed E-state index contributed by atoms with van der Waals surface area (Å²) in [4.78, 5) is 16.5. The number of hydrogen-bond acceptors (Lipinski definition) is 3. The zero-order valence-electron chi connectivity index (χ0n) is 16.6. The Bertz CT molecular complexity index is 701. The Morgan fingerprint density at radius 2 is 1.96 bits per heavy atom. The van der Waals surface area contributed by atoms with E-state index in [2.05, 4.69) is 46.4 Å². The van der Waals surface area contributed by atoms with Gasteiger partial charge in [-0.25, -0.2) is 4.79 Å². The molecule has 0 spiro atoms. The van der Waals surface area contributed by atoms with Gasteiger partial charge in [-0.2, -0.15) is 5.10 Å². The lowest BCUT2D eigenvalue weighted by Crippen LogP contribution is -2.33. The van der Waals surface area contributed by atoms with Crippen LogP contribution in [-0.4, -0.2) is 52.7 Å². The zero-order chi connectivity index (χ0) is 19.1. The van der Waals surface area contributed by atoms with Gasteiger partial charge in [-0.3, -0.25) is 10.00 Å². The fourth-order valence-electron chi connectivity index (χ4n) is 3.00. The van der Waals surface area contributed by atoms with Crippen LogP contribution in [0.4, 0.5) is 10.5 Å². The molecule has 0 bridgehead atoms.